The molecule has 0 saturated heterocycles. The van der Waals surface area contributed by atoms with Crippen molar-refractivity contribution in [3.8, 4) is 0 Å². The van der Waals surface area contributed by atoms with Crippen molar-refractivity contribution in [3.63, 3.8) is 0 Å². The van der Waals surface area contributed by atoms with Crippen LogP contribution >= 0.6 is 0 Å². The minimum atomic E-state index is -4.40. The molecule has 1 aromatic heterocycles. The van der Waals surface area contributed by atoms with Gasteiger partial charge in [0.1, 0.15) is 0 Å². The Hall–Kier alpha value is -2.37. The number of alkyl halides is 3. The molecule has 3 nitrogen and oxygen atoms in total. The molecule has 0 aliphatic rings. The Balaban J connectivity index is 1.84. The van der Waals surface area contributed by atoms with E-state index in [-0.39, 0.29) is 12.3 Å². The number of halogens is 3. The Morgan fingerprint density at radius 3 is 2.64 bits per heavy atom. The van der Waals surface area contributed by atoms with Crippen LogP contribution in [0, 0.1) is 0 Å². The molecule has 0 unspecified atom stereocenters. The molecule has 6 heteroatoms. The van der Waals surface area contributed by atoms with Gasteiger partial charge in [-0.1, -0.05) is 24.3 Å². The van der Waals surface area contributed by atoms with E-state index < -0.39 is 11.7 Å². The van der Waals surface area contributed by atoms with Crippen LogP contribution in [0.2, 0.25) is 0 Å². The van der Waals surface area contributed by atoms with Crippen molar-refractivity contribution in [1.29, 1.82) is 0 Å². The molecule has 1 amide bonds. The molecule has 0 aliphatic carbocycles. The van der Waals surface area contributed by atoms with Gasteiger partial charge in [0.15, 0.2) is 0 Å². The standard InChI is InChI=1S/C16H15F3N2O/c17-16(18,19)13-5-3-4-12(10-13)11-15(22)21-9-7-14-6-1-2-8-20-14/h1-6,8,10H,7,9,11H2,(H,21,22). The van der Waals surface area contributed by atoms with Crippen molar-refractivity contribution in [3.05, 3.63) is 65.5 Å². The lowest BCUT2D eigenvalue weighted by molar-refractivity contribution is -0.137. The van der Waals surface area contributed by atoms with Gasteiger partial charge in [-0.15, -0.1) is 0 Å². The highest BCUT2D eigenvalue weighted by atomic mass is 19.4. The van der Waals surface area contributed by atoms with Crippen molar-refractivity contribution in [1.82, 2.24) is 10.3 Å². The largest absolute Gasteiger partial charge is 0.416 e. The molecule has 116 valence electrons. The van der Waals surface area contributed by atoms with E-state index in [9.17, 15) is 18.0 Å². The van der Waals surface area contributed by atoms with Gasteiger partial charge in [-0.3, -0.25) is 9.78 Å². The van der Waals surface area contributed by atoms with E-state index in [4.69, 9.17) is 0 Å². The lowest BCUT2D eigenvalue weighted by Crippen LogP contribution is -2.27. The van der Waals surface area contributed by atoms with E-state index in [2.05, 4.69) is 10.3 Å². The van der Waals surface area contributed by atoms with Gasteiger partial charge in [-0.05, 0) is 23.8 Å². The maximum atomic E-state index is 12.6. The molecule has 1 aromatic carbocycles. The third kappa shape index (κ3) is 4.87. The Labute approximate surface area is 126 Å². The van der Waals surface area contributed by atoms with Crippen LogP contribution in [0.1, 0.15) is 16.8 Å². The number of benzene rings is 1. The fourth-order valence-corrected chi connectivity index (χ4v) is 1.98. The maximum absolute atomic E-state index is 12.6. The molecule has 2 rings (SSSR count). The Morgan fingerprint density at radius 2 is 1.95 bits per heavy atom. The average molecular weight is 308 g/mol. The van der Waals surface area contributed by atoms with E-state index >= 15 is 0 Å². The van der Waals surface area contributed by atoms with Gasteiger partial charge < -0.3 is 5.32 Å². The summed E-state index contributed by atoms with van der Waals surface area (Å²) >= 11 is 0. The molecular formula is C16H15F3N2O. The summed E-state index contributed by atoms with van der Waals surface area (Å²) in [6, 6.07) is 10.3. The number of carbonyl (C=O) groups excluding carboxylic acids is 1. The predicted octanol–water partition coefficient (Wildman–Crippen LogP) is 3.00. The summed E-state index contributed by atoms with van der Waals surface area (Å²) in [5.41, 5.74) is 0.443. The second-order valence-electron chi connectivity index (χ2n) is 4.80. The Kier molecular flexibility index (Phi) is 5.14. The number of aromatic nitrogens is 1. The van der Waals surface area contributed by atoms with Crippen molar-refractivity contribution in [2.75, 3.05) is 6.54 Å². The van der Waals surface area contributed by atoms with Gasteiger partial charge in [0.05, 0.1) is 12.0 Å². The highest BCUT2D eigenvalue weighted by Gasteiger charge is 2.30. The van der Waals surface area contributed by atoms with Gasteiger partial charge in [0.25, 0.3) is 0 Å². The normalized spacial score (nSPS) is 11.2. The van der Waals surface area contributed by atoms with E-state index in [1.807, 2.05) is 12.1 Å². The van der Waals surface area contributed by atoms with Crippen molar-refractivity contribution >= 4 is 5.91 Å². The van der Waals surface area contributed by atoms with Crippen LogP contribution in [0.4, 0.5) is 13.2 Å². The van der Waals surface area contributed by atoms with Crippen LogP contribution in [-0.2, 0) is 23.8 Å². The van der Waals surface area contributed by atoms with Crippen LogP contribution in [0.5, 0.6) is 0 Å². The summed E-state index contributed by atoms with van der Waals surface area (Å²) in [5.74, 6) is -0.310. The first kappa shape index (κ1) is 16.0. The van der Waals surface area contributed by atoms with Crippen LogP contribution in [0.3, 0.4) is 0 Å². The van der Waals surface area contributed by atoms with Gasteiger partial charge in [-0.25, -0.2) is 0 Å². The van der Waals surface area contributed by atoms with Crippen molar-refractivity contribution < 1.29 is 18.0 Å². The lowest BCUT2D eigenvalue weighted by atomic mass is 10.1. The van der Waals surface area contributed by atoms with E-state index in [1.54, 1.807) is 12.3 Å². The predicted molar refractivity (Wildman–Crippen MR) is 76.1 cm³/mol. The smallest absolute Gasteiger partial charge is 0.355 e. The topological polar surface area (TPSA) is 42.0 Å². The molecule has 22 heavy (non-hydrogen) atoms. The lowest BCUT2D eigenvalue weighted by Gasteiger charge is -2.09. The molecule has 0 atom stereocenters. The zero-order chi connectivity index (χ0) is 16.0. The summed E-state index contributed by atoms with van der Waals surface area (Å²) in [6.45, 7) is 0.398. The fraction of sp³-hybridized carbons (Fsp3) is 0.250. The molecule has 0 saturated carbocycles. The first-order valence-electron chi connectivity index (χ1n) is 6.78. The number of hydrogen-bond donors (Lipinski definition) is 1. The van der Waals surface area contributed by atoms with Crippen LogP contribution < -0.4 is 5.32 Å². The summed E-state index contributed by atoms with van der Waals surface area (Å²) < 4.78 is 37.8. The van der Waals surface area contributed by atoms with Crippen LogP contribution in [0.15, 0.2) is 48.7 Å². The molecule has 1 heterocycles. The molecule has 0 bridgehead atoms. The average Bonchev–Trinajstić information content (AvgIpc) is 2.48. The fourth-order valence-electron chi connectivity index (χ4n) is 1.98. The number of rotatable bonds is 5. The number of pyridine rings is 1. The molecule has 1 N–H and O–H groups in total. The van der Waals surface area contributed by atoms with Crippen molar-refractivity contribution in [2.45, 2.75) is 19.0 Å². The third-order valence-electron chi connectivity index (χ3n) is 3.05. The highest BCUT2D eigenvalue weighted by Crippen LogP contribution is 2.29. The first-order valence-corrected chi connectivity index (χ1v) is 6.78. The zero-order valence-corrected chi connectivity index (χ0v) is 11.7. The molecule has 0 aliphatic heterocycles. The number of hydrogen-bond acceptors (Lipinski definition) is 2. The van der Waals surface area contributed by atoms with Gasteiger partial charge >= 0.3 is 6.18 Å². The van der Waals surface area contributed by atoms with Crippen LogP contribution in [-0.4, -0.2) is 17.4 Å². The van der Waals surface area contributed by atoms with E-state index in [1.165, 1.54) is 12.1 Å². The SMILES string of the molecule is O=C(Cc1cccc(C(F)(F)F)c1)NCCc1ccccn1. The summed E-state index contributed by atoms with van der Waals surface area (Å²) in [7, 11) is 0. The van der Waals surface area contributed by atoms with Gasteiger partial charge in [-0.2, -0.15) is 13.2 Å². The maximum Gasteiger partial charge on any atom is 0.416 e. The third-order valence-corrected chi connectivity index (χ3v) is 3.05. The monoisotopic (exact) mass is 308 g/mol. The molecule has 0 radical (unpaired) electrons. The highest BCUT2D eigenvalue weighted by molar-refractivity contribution is 5.78. The number of carbonyl (C=O) groups is 1. The summed E-state index contributed by atoms with van der Waals surface area (Å²) in [6.07, 6.45) is -2.23. The van der Waals surface area contributed by atoms with E-state index in [0.29, 0.717) is 18.5 Å². The molecule has 0 fully saturated rings. The molecule has 2 aromatic rings. The second kappa shape index (κ2) is 7.06. The minimum absolute atomic E-state index is 0.0772. The number of nitrogens with one attached hydrogen (secondary N) is 1. The quantitative estimate of drug-likeness (QED) is 0.922. The minimum Gasteiger partial charge on any atom is -0.355 e. The molecular weight excluding hydrogens is 293 g/mol. The number of nitrogens with zero attached hydrogens (tertiary/aromatic N) is 1. The van der Waals surface area contributed by atoms with Gasteiger partial charge in [0.2, 0.25) is 5.91 Å². The molecule has 0 spiro atoms. The summed E-state index contributed by atoms with van der Waals surface area (Å²) in [5, 5.41) is 2.68. The first-order chi connectivity index (χ1) is 10.4. The van der Waals surface area contributed by atoms with Crippen LogP contribution in [0.25, 0.3) is 0 Å². The van der Waals surface area contributed by atoms with Crippen molar-refractivity contribution in [2.24, 2.45) is 0 Å². The summed E-state index contributed by atoms with van der Waals surface area (Å²) in [4.78, 5) is 15.9. The second-order valence-corrected chi connectivity index (χ2v) is 4.80. The van der Waals surface area contributed by atoms with E-state index in [0.717, 1.165) is 17.8 Å². The Bertz CT molecular complexity index is 627. The Morgan fingerprint density at radius 1 is 1.14 bits per heavy atom. The zero-order valence-electron chi connectivity index (χ0n) is 11.7. The number of amides is 1. The van der Waals surface area contributed by atoms with Gasteiger partial charge in [0, 0.05) is 24.9 Å².